The van der Waals surface area contributed by atoms with Crippen molar-refractivity contribution in [2.45, 2.75) is 37.6 Å². The van der Waals surface area contributed by atoms with Crippen LogP contribution in [0.2, 0.25) is 0 Å². The third kappa shape index (κ3) is 2.23. The summed E-state index contributed by atoms with van der Waals surface area (Å²) in [5, 5.41) is 3.24. The summed E-state index contributed by atoms with van der Waals surface area (Å²) >= 11 is 0. The SMILES string of the molecule is COc1ccc(C2(NC(=O)C3CCC3)CC2)cc1OC. The molecule has 0 unspecified atom stereocenters. The number of amides is 1. The normalized spacial score (nSPS) is 19.9. The summed E-state index contributed by atoms with van der Waals surface area (Å²) in [5.74, 6) is 1.88. The molecule has 4 nitrogen and oxygen atoms in total. The fourth-order valence-electron chi connectivity index (χ4n) is 2.75. The zero-order valence-corrected chi connectivity index (χ0v) is 12.1. The maximum absolute atomic E-state index is 12.2. The molecule has 0 aliphatic heterocycles. The smallest absolute Gasteiger partial charge is 0.223 e. The molecule has 2 aliphatic carbocycles. The van der Waals surface area contributed by atoms with Crippen LogP contribution >= 0.6 is 0 Å². The standard InChI is InChI=1S/C16H21NO3/c1-19-13-7-6-12(10-14(13)20-2)16(8-9-16)17-15(18)11-4-3-5-11/h6-7,10-11H,3-5,8-9H2,1-2H3,(H,17,18). The molecule has 2 aliphatic rings. The first-order valence-electron chi connectivity index (χ1n) is 7.23. The van der Waals surface area contributed by atoms with E-state index in [2.05, 4.69) is 5.32 Å². The number of nitrogens with one attached hydrogen (secondary N) is 1. The molecule has 0 spiro atoms. The van der Waals surface area contributed by atoms with Gasteiger partial charge in [-0.05, 0) is 43.4 Å². The fourth-order valence-corrected chi connectivity index (χ4v) is 2.75. The molecule has 20 heavy (non-hydrogen) atoms. The minimum absolute atomic E-state index is 0.174. The van der Waals surface area contributed by atoms with Gasteiger partial charge in [0.1, 0.15) is 0 Å². The van der Waals surface area contributed by atoms with E-state index in [1.165, 1.54) is 6.42 Å². The van der Waals surface area contributed by atoms with Crippen molar-refractivity contribution in [2.75, 3.05) is 14.2 Å². The van der Waals surface area contributed by atoms with Crippen LogP contribution in [0.5, 0.6) is 11.5 Å². The van der Waals surface area contributed by atoms with Crippen LogP contribution in [0.4, 0.5) is 0 Å². The lowest BCUT2D eigenvalue weighted by atomic mass is 9.84. The molecule has 1 aromatic carbocycles. The summed E-state index contributed by atoms with van der Waals surface area (Å²) < 4.78 is 10.6. The Morgan fingerprint density at radius 1 is 1.20 bits per heavy atom. The molecule has 3 rings (SSSR count). The van der Waals surface area contributed by atoms with E-state index < -0.39 is 0 Å². The van der Waals surface area contributed by atoms with E-state index in [0.717, 1.165) is 37.0 Å². The maximum atomic E-state index is 12.2. The van der Waals surface area contributed by atoms with Gasteiger partial charge >= 0.3 is 0 Å². The van der Waals surface area contributed by atoms with Crippen molar-refractivity contribution in [3.05, 3.63) is 23.8 Å². The predicted octanol–water partition coefficient (Wildman–Crippen LogP) is 2.61. The third-order valence-electron chi connectivity index (χ3n) is 4.52. The Bertz CT molecular complexity index is 518. The lowest BCUT2D eigenvalue weighted by molar-refractivity contribution is -0.128. The van der Waals surface area contributed by atoms with Crippen LogP contribution in [-0.4, -0.2) is 20.1 Å². The van der Waals surface area contributed by atoms with E-state index in [4.69, 9.17) is 9.47 Å². The van der Waals surface area contributed by atoms with Gasteiger partial charge in [-0.3, -0.25) is 4.79 Å². The Morgan fingerprint density at radius 3 is 2.40 bits per heavy atom. The zero-order chi connectivity index (χ0) is 14.2. The van der Waals surface area contributed by atoms with E-state index in [1.54, 1.807) is 14.2 Å². The molecular weight excluding hydrogens is 254 g/mol. The van der Waals surface area contributed by atoms with Crippen LogP contribution in [0.3, 0.4) is 0 Å². The third-order valence-corrected chi connectivity index (χ3v) is 4.52. The van der Waals surface area contributed by atoms with E-state index >= 15 is 0 Å². The summed E-state index contributed by atoms with van der Waals surface area (Å²) in [6.45, 7) is 0. The summed E-state index contributed by atoms with van der Waals surface area (Å²) in [6, 6.07) is 5.91. The number of rotatable bonds is 5. The quantitative estimate of drug-likeness (QED) is 0.898. The number of methoxy groups -OCH3 is 2. The number of benzene rings is 1. The Hall–Kier alpha value is -1.71. The Balaban J connectivity index is 1.79. The van der Waals surface area contributed by atoms with Gasteiger partial charge in [-0.15, -0.1) is 0 Å². The van der Waals surface area contributed by atoms with Gasteiger partial charge in [0, 0.05) is 5.92 Å². The Labute approximate surface area is 119 Å². The highest BCUT2D eigenvalue weighted by atomic mass is 16.5. The molecule has 2 fully saturated rings. The van der Waals surface area contributed by atoms with Crippen LogP contribution in [0, 0.1) is 5.92 Å². The maximum Gasteiger partial charge on any atom is 0.223 e. The van der Waals surface area contributed by atoms with Crippen molar-refractivity contribution in [2.24, 2.45) is 5.92 Å². The molecule has 1 amide bonds. The first-order chi connectivity index (χ1) is 9.68. The average Bonchev–Trinajstić information content (AvgIpc) is 3.16. The summed E-state index contributed by atoms with van der Waals surface area (Å²) in [4.78, 5) is 12.2. The van der Waals surface area contributed by atoms with E-state index in [-0.39, 0.29) is 17.4 Å². The zero-order valence-electron chi connectivity index (χ0n) is 12.1. The van der Waals surface area contributed by atoms with Gasteiger partial charge in [0.15, 0.2) is 11.5 Å². The minimum atomic E-state index is -0.174. The lowest BCUT2D eigenvalue weighted by Crippen LogP contribution is -2.41. The molecule has 0 atom stereocenters. The molecule has 1 N–H and O–H groups in total. The highest BCUT2D eigenvalue weighted by Gasteiger charge is 2.47. The van der Waals surface area contributed by atoms with Gasteiger partial charge in [0.2, 0.25) is 5.91 Å². The van der Waals surface area contributed by atoms with Crippen LogP contribution in [0.1, 0.15) is 37.7 Å². The van der Waals surface area contributed by atoms with E-state index in [1.807, 2.05) is 18.2 Å². The van der Waals surface area contributed by atoms with Gasteiger partial charge in [0.05, 0.1) is 19.8 Å². The number of carbonyl (C=O) groups is 1. The molecule has 0 bridgehead atoms. The second kappa shape index (κ2) is 5.00. The molecule has 108 valence electrons. The molecule has 2 saturated carbocycles. The Morgan fingerprint density at radius 2 is 1.90 bits per heavy atom. The van der Waals surface area contributed by atoms with Crippen molar-refractivity contribution in [3.63, 3.8) is 0 Å². The molecular formula is C16H21NO3. The van der Waals surface area contributed by atoms with Gasteiger partial charge in [-0.1, -0.05) is 12.5 Å². The first kappa shape index (κ1) is 13.3. The van der Waals surface area contributed by atoms with E-state index in [0.29, 0.717) is 5.75 Å². The number of carbonyl (C=O) groups excluding carboxylic acids is 1. The van der Waals surface area contributed by atoms with Crippen LogP contribution < -0.4 is 14.8 Å². The average molecular weight is 275 g/mol. The highest BCUT2D eigenvalue weighted by molar-refractivity contribution is 5.81. The highest BCUT2D eigenvalue weighted by Crippen LogP contribution is 2.48. The van der Waals surface area contributed by atoms with Gasteiger partial charge in [0.25, 0.3) is 0 Å². The topological polar surface area (TPSA) is 47.6 Å². The molecule has 0 radical (unpaired) electrons. The first-order valence-corrected chi connectivity index (χ1v) is 7.23. The number of hydrogen-bond donors (Lipinski definition) is 1. The molecule has 0 saturated heterocycles. The van der Waals surface area contributed by atoms with Gasteiger partial charge in [-0.25, -0.2) is 0 Å². The molecule has 4 heteroatoms. The lowest BCUT2D eigenvalue weighted by Gasteiger charge is -2.28. The largest absolute Gasteiger partial charge is 0.493 e. The fraction of sp³-hybridized carbons (Fsp3) is 0.562. The monoisotopic (exact) mass is 275 g/mol. The summed E-state index contributed by atoms with van der Waals surface area (Å²) in [7, 11) is 3.26. The second-order valence-electron chi connectivity index (χ2n) is 5.77. The molecule has 1 aromatic rings. The minimum Gasteiger partial charge on any atom is -0.493 e. The summed E-state index contributed by atoms with van der Waals surface area (Å²) in [5.41, 5.74) is 0.939. The Kier molecular flexibility index (Phi) is 3.32. The summed E-state index contributed by atoms with van der Waals surface area (Å²) in [6.07, 6.45) is 5.25. The van der Waals surface area contributed by atoms with Crippen LogP contribution in [-0.2, 0) is 10.3 Å². The predicted molar refractivity (Wildman–Crippen MR) is 75.9 cm³/mol. The number of hydrogen-bond acceptors (Lipinski definition) is 3. The second-order valence-corrected chi connectivity index (χ2v) is 5.77. The van der Waals surface area contributed by atoms with Crippen molar-refractivity contribution in [3.8, 4) is 11.5 Å². The van der Waals surface area contributed by atoms with Crippen molar-refractivity contribution >= 4 is 5.91 Å². The number of ether oxygens (including phenoxy) is 2. The van der Waals surface area contributed by atoms with Gasteiger partial charge in [-0.2, -0.15) is 0 Å². The van der Waals surface area contributed by atoms with Crippen molar-refractivity contribution in [1.82, 2.24) is 5.32 Å². The van der Waals surface area contributed by atoms with Crippen LogP contribution in [0.25, 0.3) is 0 Å². The molecule has 0 aromatic heterocycles. The van der Waals surface area contributed by atoms with E-state index in [9.17, 15) is 4.79 Å². The van der Waals surface area contributed by atoms with Crippen molar-refractivity contribution in [1.29, 1.82) is 0 Å². The molecule has 0 heterocycles. The van der Waals surface area contributed by atoms with Crippen molar-refractivity contribution < 1.29 is 14.3 Å². The van der Waals surface area contributed by atoms with Crippen LogP contribution in [0.15, 0.2) is 18.2 Å². The van der Waals surface area contributed by atoms with Gasteiger partial charge < -0.3 is 14.8 Å².